The van der Waals surface area contributed by atoms with E-state index in [1.54, 1.807) is 29.2 Å². The van der Waals surface area contributed by atoms with E-state index in [1.165, 1.54) is 31.3 Å². The first-order valence-electron chi connectivity index (χ1n) is 11.6. The van der Waals surface area contributed by atoms with Crippen molar-refractivity contribution in [3.8, 4) is 11.5 Å². The highest BCUT2D eigenvalue weighted by Crippen LogP contribution is 2.33. The number of ether oxygens (including phenoxy) is 2. The molecule has 0 bridgehead atoms. The molecule has 2 aromatic carbocycles. The Morgan fingerprint density at radius 3 is 2.37 bits per heavy atom. The Morgan fingerprint density at radius 1 is 1.03 bits per heavy atom. The first-order chi connectivity index (χ1) is 16.8. The van der Waals surface area contributed by atoms with Crippen LogP contribution in [0.3, 0.4) is 0 Å². The van der Waals surface area contributed by atoms with E-state index >= 15 is 0 Å². The van der Waals surface area contributed by atoms with Gasteiger partial charge >= 0.3 is 0 Å². The first kappa shape index (κ1) is 24.3. The van der Waals surface area contributed by atoms with E-state index in [4.69, 9.17) is 9.47 Å². The summed E-state index contributed by atoms with van der Waals surface area (Å²) in [6.45, 7) is 4.71. The van der Waals surface area contributed by atoms with E-state index in [-0.39, 0.29) is 30.2 Å². The summed E-state index contributed by atoms with van der Waals surface area (Å²) in [6.07, 6.45) is 1.96. The maximum atomic E-state index is 14.1. The van der Waals surface area contributed by atoms with Crippen LogP contribution in [0.5, 0.6) is 11.5 Å². The highest BCUT2D eigenvalue weighted by atomic mass is 19.1. The van der Waals surface area contributed by atoms with Crippen LogP contribution in [0.2, 0.25) is 0 Å². The molecule has 0 fully saturated rings. The van der Waals surface area contributed by atoms with Crippen molar-refractivity contribution >= 4 is 11.8 Å². The minimum atomic E-state index is -0.442. The van der Waals surface area contributed by atoms with Crippen LogP contribution < -0.4 is 9.47 Å². The average molecular weight is 480 g/mol. The van der Waals surface area contributed by atoms with Crippen LogP contribution in [-0.4, -0.2) is 59.5 Å². The van der Waals surface area contributed by atoms with E-state index in [2.05, 4.69) is 4.57 Å². The predicted molar refractivity (Wildman–Crippen MR) is 130 cm³/mol. The molecule has 0 saturated carbocycles. The molecule has 0 spiro atoms. The van der Waals surface area contributed by atoms with E-state index in [9.17, 15) is 14.0 Å². The van der Waals surface area contributed by atoms with Crippen LogP contribution >= 0.6 is 0 Å². The molecular formula is C27H30FN3O4. The van der Waals surface area contributed by atoms with Crippen molar-refractivity contribution in [3.63, 3.8) is 0 Å². The smallest absolute Gasteiger partial charge is 0.254 e. The van der Waals surface area contributed by atoms with Crippen molar-refractivity contribution in [3.05, 3.63) is 83.4 Å². The van der Waals surface area contributed by atoms with Gasteiger partial charge in [0.25, 0.3) is 5.91 Å². The van der Waals surface area contributed by atoms with Gasteiger partial charge in [-0.1, -0.05) is 12.1 Å². The summed E-state index contributed by atoms with van der Waals surface area (Å²) >= 11 is 0. The van der Waals surface area contributed by atoms with Crippen LogP contribution in [0.1, 0.15) is 41.5 Å². The van der Waals surface area contributed by atoms with Gasteiger partial charge in [0.15, 0.2) is 0 Å². The summed E-state index contributed by atoms with van der Waals surface area (Å²) in [6, 6.07) is 14.5. The second-order valence-electron chi connectivity index (χ2n) is 8.80. The lowest BCUT2D eigenvalue weighted by Crippen LogP contribution is -2.49. The van der Waals surface area contributed by atoms with E-state index in [0.29, 0.717) is 35.7 Å². The van der Waals surface area contributed by atoms with Crippen LogP contribution in [0.4, 0.5) is 4.39 Å². The third-order valence-electron chi connectivity index (χ3n) is 6.31. The zero-order valence-electron chi connectivity index (χ0n) is 20.4. The van der Waals surface area contributed by atoms with Crippen LogP contribution in [-0.2, 0) is 11.3 Å². The second-order valence-corrected chi connectivity index (χ2v) is 8.80. The van der Waals surface area contributed by atoms with Gasteiger partial charge in [-0.05, 0) is 55.8 Å². The number of amides is 2. The first-order valence-corrected chi connectivity index (χ1v) is 11.6. The Bertz CT molecular complexity index is 1200. The van der Waals surface area contributed by atoms with Gasteiger partial charge in [0, 0.05) is 42.7 Å². The normalized spacial score (nSPS) is 15.0. The number of hydrogen-bond donors (Lipinski definition) is 0. The highest BCUT2D eigenvalue weighted by molar-refractivity contribution is 5.97. The fourth-order valence-corrected chi connectivity index (χ4v) is 4.50. The van der Waals surface area contributed by atoms with Crippen molar-refractivity contribution in [1.29, 1.82) is 0 Å². The van der Waals surface area contributed by atoms with Gasteiger partial charge in [-0.25, -0.2) is 4.39 Å². The molecule has 8 heteroatoms. The lowest BCUT2D eigenvalue weighted by Gasteiger charge is -2.39. The molecule has 0 radical (unpaired) electrons. The molecule has 0 N–H and O–H groups in total. The molecule has 1 atom stereocenters. The third kappa shape index (κ3) is 5.01. The number of fused-ring (bicyclic) bond motifs is 1. The molecule has 4 rings (SSSR count). The highest BCUT2D eigenvalue weighted by Gasteiger charge is 2.34. The molecule has 7 nitrogen and oxygen atoms in total. The molecule has 2 heterocycles. The summed E-state index contributed by atoms with van der Waals surface area (Å²) in [7, 11) is 3.04. The predicted octanol–water partition coefficient (Wildman–Crippen LogP) is 4.13. The molecular weight excluding hydrogens is 449 g/mol. The van der Waals surface area contributed by atoms with Crippen molar-refractivity contribution in [2.24, 2.45) is 0 Å². The second kappa shape index (κ2) is 10.2. The van der Waals surface area contributed by atoms with Gasteiger partial charge in [0.2, 0.25) is 5.91 Å². The van der Waals surface area contributed by atoms with Crippen molar-refractivity contribution in [2.75, 3.05) is 27.3 Å². The Hall–Kier alpha value is -3.81. The molecule has 184 valence electrons. The number of halogens is 1. The molecule has 1 aromatic heterocycles. The van der Waals surface area contributed by atoms with Gasteiger partial charge in [-0.15, -0.1) is 0 Å². The summed E-state index contributed by atoms with van der Waals surface area (Å²) in [5.41, 5.74) is 1.98. The Kier molecular flexibility index (Phi) is 7.10. The fraction of sp³-hybridized carbons (Fsp3) is 0.333. The zero-order valence-corrected chi connectivity index (χ0v) is 20.4. The Balaban J connectivity index is 1.64. The molecule has 1 aliphatic heterocycles. The van der Waals surface area contributed by atoms with Gasteiger partial charge < -0.3 is 23.8 Å². The molecule has 3 aromatic rings. The summed E-state index contributed by atoms with van der Waals surface area (Å²) in [5.74, 6) is 0.123. The summed E-state index contributed by atoms with van der Waals surface area (Å²) in [4.78, 5) is 30.4. The van der Waals surface area contributed by atoms with Crippen molar-refractivity contribution < 1.29 is 23.5 Å². The van der Waals surface area contributed by atoms with Crippen molar-refractivity contribution in [1.82, 2.24) is 14.4 Å². The van der Waals surface area contributed by atoms with Crippen LogP contribution in [0.15, 0.2) is 60.8 Å². The number of nitrogens with zero attached hydrogens (tertiary/aromatic N) is 3. The van der Waals surface area contributed by atoms with Gasteiger partial charge in [0.1, 0.15) is 23.9 Å². The minimum Gasteiger partial charge on any atom is -0.497 e. The molecule has 0 aliphatic carbocycles. The van der Waals surface area contributed by atoms with E-state index in [0.717, 1.165) is 5.69 Å². The lowest BCUT2D eigenvalue weighted by molar-refractivity contribution is -0.135. The summed E-state index contributed by atoms with van der Waals surface area (Å²) < 4.78 is 26.8. The quantitative estimate of drug-likeness (QED) is 0.511. The van der Waals surface area contributed by atoms with Crippen LogP contribution in [0.25, 0.3) is 0 Å². The standard InChI is InChI=1S/C27H30FN3O4/c1-18(2)31(27(33)20-14-22(34-3)16-23(15-20)35-4)17-25(32)30-12-11-29-10-6-9-24(29)26(30)19-7-5-8-21(28)13-19/h5-10,13-16,18,26H,11-12,17H2,1-4H3/t26-/m1/s1. The van der Waals surface area contributed by atoms with Gasteiger partial charge in [0.05, 0.1) is 20.3 Å². The largest absolute Gasteiger partial charge is 0.497 e. The lowest BCUT2D eigenvalue weighted by atomic mass is 9.99. The topological polar surface area (TPSA) is 64.0 Å². The molecule has 2 amide bonds. The number of hydrogen-bond acceptors (Lipinski definition) is 4. The number of benzene rings is 2. The number of rotatable bonds is 7. The minimum absolute atomic E-state index is 0.109. The monoisotopic (exact) mass is 479 g/mol. The molecule has 0 unspecified atom stereocenters. The molecule has 1 aliphatic rings. The maximum Gasteiger partial charge on any atom is 0.254 e. The molecule has 35 heavy (non-hydrogen) atoms. The summed E-state index contributed by atoms with van der Waals surface area (Å²) in [5, 5.41) is 0. The number of aromatic nitrogens is 1. The van der Waals surface area contributed by atoms with Gasteiger partial charge in [-0.2, -0.15) is 0 Å². The van der Waals surface area contributed by atoms with E-state index in [1.807, 2.05) is 38.2 Å². The Labute approximate surface area is 204 Å². The Morgan fingerprint density at radius 2 is 1.74 bits per heavy atom. The maximum absolute atomic E-state index is 14.1. The SMILES string of the molecule is COc1cc(OC)cc(C(=O)N(CC(=O)N2CCn3cccc3[C@H]2c2cccc(F)c2)C(C)C)c1. The third-order valence-corrected chi connectivity index (χ3v) is 6.31. The van der Waals surface area contributed by atoms with E-state index < -0.39 is 6.04 Å². The van der Waals surface area contributed by atoms with Crippen LogP contribution in [0, 0.1) is 5.82 Å². The van der Waals surface area contributed by atoms with Gasteiger partial charge in [-0.3, -0.25) is 9.59 Å². The number of carbonyl (C=O) groups is 2. The number of carbonyl (C=O) groups excluding carboxylic acids is 2. The number of methoxy groups -OCH3 is 2. The average Bonchev–Trinajstić information content (AvgIpc) is 3.34. The zero-order chi connectivity index (χ0) is 25.1. The molecule has 0 saturated heterocycles. The van der Waals surface area contributed by atoms with Crippen molar-refractivity contribution in [2.45, 2.75) is 32.5 Å². The fourth-order valence-electron chi connectivity index (χ4n) is 4.50.